The summed E-state index contributed by atoms with van der Waals surface area (Å²) in [4.78, 5) is 140. The molecule has 0 saturated carbocycles. The Bertz CT molecular complexity index is 6050. The number of aliphatic hydroxyl groups excluding tert-OH is 1. The number of hydrogen-bond donors (Lipinski definition) is 5. The average molecular weight is 1800 g/mol. The highest BCUT2D eigenvalue weighted by atomic mass is 35.5. The van der Waals surface area contributed by atoms with Crippen molar-refractivity contribution in [3.63, 3.8) is 0 Å². The number of ether oxygens (including phenoxy) is 3. The lowest BCUT2D eigenvalue weighted by atomic mass is 9.88. The van der Waals surface area contributed by atoms with Gasteiger partial charge in [0.25, 0.3) is 27.8 Å². The second-order valence-corrected chi connectivity index (χ2v) is 30.6. The Morgan fingerprint density at radius 1 is 0.472 bits per heavy atom. The number of nitriles is 4. The van der Waals surface area contributed by atoms with Crippen LogP contribution in [-0.2, 0) is 55.7 Å². The number of alkyl halides is 1. The Hall–Kier alpha value is -11.3. The third-order valence-electron chi connectivity index (χ3n) is 18.3. The molecule has 2 unspecified atom stereocenters. The maximum Gasteiger partial charge on any atom is 0.334 e. The molecule has 0 aliphatic carbocycles. The second-order valence-electron chi connectivity index (χ2n) is 29.2. The Kier molecular flexibility index (Phi) is 45.2. The number of nitrogens with one attached hydrogen (secondary N) is 4. The summed E-state index contributed by atoms with van der Waals surface area (Å²) in [5.74, 6) is 2.05. The van der Waals surface area contributed by atoms with Gasteiger partial charge in [-0.3, -0.25) is 62.2 Å². The predicted molar refractivity (Wildman–Crippen MR) is 483 cm³/mol. The monoisotopic (exact) mass is 1790 g/mol. The molecular formula is C87H110Cl5N17O14. The summed E-state index contributed by atoms with van der Waals surface area (Å²) in [6.45, 7) is 42.2. The van der Waals surface area contributed by atoms with Crippen LogP contribution in [0.3, 0.4) is 0 Å². The van der Waals surface area contributed by atoms with Gasteiger partial charge in [0.05, 0.1) is 81.7 Å². The molecule has 9 rings (SSSR count). The maximum atomic E-state index is 13.1. The number of aliphatic imine (C=N–C) groups is 1. The summed E-state index contributed by atoms with van der Waals surface area (Å²) in [5.41, 5.74) is 6.64. The van der Waals surface area contributed by atoms with Gasteiger partial charge in [0, 0.05) is 69.5 Å². The SMILES string of the molecule is C=C=Nc1cc(C)cc(C#N)c1.CC(C)c1c(Cl)[nH]c(=O)[nH]c1=O.CCl.CCn1c(C(C#N)c2cc(C)cc(C#N)c2)c(C(C)C)c(=O)n(COC)c1=O.CCn1c(C(C)c2cc(C)cc(C#N)c2)c(C(C)C)c(=O)[nH]c1=O.CCn1c(Cl)c(C(C)C)c(=O)[nH]c1=O.CCn1c(Cl)c(C(C)C)c(=O)n(COC)c1=O.COc1nc(CO)nc(Cl)c1C(C)C. The van der Waals surface area contributed by atoms with E-state index in [4.69, 9.17) is 71.0 Å². The first-order valence-corrected chi connectivity index (χ1v) is 41.2. The molecule has 3 aromatic carbocycles. The maximum absolute atomic E-state index is 13.1. The van der Waals surface area contributed by atoms with Crippen LogP contribution in [-0.4, -0.2) is 96.0 Å². The third kappa shape index (κ3) is 28.6. The number of benzene rings is 3. The molecule has 0 amide bonds. The topological polar surface area (TPSA) is 445 Å². The molecule has 9 aromatic rings. The van der Waals surface area contributed by atoms with E-state index < -0.39 is 39.8 Å². The number of aromatic nitrogens is 12. The van der Waals surface area contributed by atoms with Crippen molar-refractivity contribution in [2.45, 2.75) is 232 Å². The van der Waals surface area contributed by atoms with E-state index in [-0.39, 0.29) is 105 Å². The Morgan fingerprint density at radius 2 is 0.878 bits per heavy atom. The van der Waals surface area contributed by atoms with Gasteiger partial charge in [-0.05, 0) is 167 Å². The fraction of sp³-hybridized carbons (Fsp3) is 0.448. The lowest BCUT2D eigenvalue weighted by Gasteiger charge is -2.23. The number of hydrogen-bond acceptors (Lipinski definition) is 21. The number of aryl methyl sites for hydroxylation is 3. The number of H-pyrrole nitrogens is 4. The molecule has 2 atom stereocenters. The van der Waals surface area contributed by atoms with Crippen molar-refractivity contribution in [3.8, 4) is 30.2 Å². The lowest BCUT2D eigenvalue weighted by Crippen LogP contribution is -2.44. The molecule has 31 nitrogen and oxygen atoms in total. The van der Waals surface area contributed by atoms with E-state index >= 15 is 0 Å². The van der Waals surface area contributed by atoms with E-state index in [0.717, 1.165) is 48.3 Å². The van der Waals surface area contributed by atoms with E-state index in [0.29, 0.717) is 93.0 Å². The summed E-state index contributed by atoms with van der Waals surface area (Å²) in [7, 11) is 4.37. The zero-order valence-corrected chi connectivity index (χ0v) is 77.7. The first-order valence-electron chi connectivity index (χ1n) is 39.0. The molecule has 0 aliphatic rings. The minimum absolute atomic E-state index is 0.00176. The highest BCUT2D eigenvalue weighted by molar-refractivity contribution is 6.31. The van der Waals surface area contributed by atoms with E-state index in [1.54, 1.807) is 43.5 Å². The van der Waals surface area contributed by atoms with Gasteiger partial charge in [-0.25, -0.2) is 43.1 Å². The molecule has 36 heteroatoms. The van der Waals surface area contributed by atoms with Crippen molar-refractivity contribution in [2.24, 2.45) is 4.99 Å². The van der Waals surface area contributed by atoms with Gasteiger partial charge in [0.1, 0.15) is 46.6 Å². The molecule has 0 fully saturated rings. The van der Waals surface area contributed by atoms with Crippen LogP contribution in [0.5, 0.6) is 5.88 Å². The number of aromatic amines is 4. The molecule has 123 heavy (non-hydrogen) atoms. The molecule has 6 aromatic heterocycles. The first-order chi connectivity index (χ1) is 57.9. The largest absolute Gasteiger partial charge is 0.481 e. The van der Waals surface area contributed by atoms with Crippen LogP contribution in [0.1, 0.15) is 260 Å². The number of nitrogens with zero attached hydrogens (tertiary/aromatic N) is 13. The molecule has 0 saturated heterocycles. The fourth-order valence-corrected chi connectivity index (χ4v) is 14.7. The predicted octanol–water partition coefficient (Wildman–Crippen LogP) is 14.2. The molecular weight excluding hydrogens is 1680 g/mol. The standard InChI is InChI=1S/C21H24N4O3.C19H23N3O2.C11H17ClN2O3.C10H8N2.2C9H13ClN2O2.C7H9ClN2O2.CH3Cl/c1-6-24-19(17(11-23)16-8-14(4)7-15(9-16)10-22)18(13(2)3)20(26)25(12-28-5)21(24)27;1-6-22-17(16(11(2)3)18(23)21-19(22)24)13(5)15-8-12(4)7-14(9-15)10-20;1-5-13-9(12)8(7(2)3)10(15)14(6-17-4)11(13)16;1-3-12-10-5-8(2)4-9(6-10)7-11;1-5(2)7-8(10)11-6(4-13)12-9(7)14-3;1-4-12-7(10)6(5(2)3)8(13)11-9(12)14;1-3(2)4-5(8)9-7(12)10-6(4)11;1-2/h7-9,13,17H,6,12H2,1-5H3;7-9,11,13H,6H2,1-5H3,(H,21,23,24);7H,5-6H2,1-4H3;4-6H,1H2,2H3;5,13H,4H2,1-3H3;5H,4H2,1-3H3,(H,11,13,14);3H,1-2H3,(H2,9,10,11,12);1H3. The zero-order chi connectivity index (χ0) is 94.1. The first kappa shape index (κ1) is 108. The second kappa shape index (κ2) is 51.6. The number of rotatable bonds is 21. The van der Waals surface area contributed by atoms with Crippen molar-refractivity contribution in [3.05, 3.63) is 281 Å². The number of aliphatic hydroxyl groups is 1. The molecule has 0 radical (unpaired) electrons. The summed E-state index contributed by atoms with van der Waals surface area (Å²) < 4.78 is 22.9. The molecule has 0 aliphatic heterocycles. The Labute approximate surface area is 738 Å². The number of methoxy groups -OCH3 is 3. The van der Waals surface area contributed by atoms with Crippen molar-refractivity contribution >= 4 is 69.6 Å². The summed E-state index contributed by atoms with van der Waals surface area (Å²) in [5, 5.41) is 46.9. The lowest BCUT2D eigenvalue weighted by molar-refractivity contribution is 0.122. The molecule has 662 valence electrons. The molecule has 5 N–H and O–H groups in total. The van der Waals surface area contributed by atoms with Crippen LogP contribution in [0.4, 0.5) is 5.69 Å². The van der Waals surface area contributed by atoms with E-state index in [9.17, 15) is 63.7 Å². The normalized spacial score (nSPS) is 11.0. The molecule has 0 bridgehead atoms. The Balaban J connectivity index is 0.000000496. The quantitative estimate of drug-likeness (QED) is 0.0253. The Morgan fingerprint density at radius 3 is 1.29 bits per heavy atom. The van der Waals surface area contributed by atoms with Crippen LogP contribution in [0, 0.1) is 66.1 Å². The van der Waals surface area contributed by atoms with Gasteiger partial charge in [0.2, 0.25) is 5.88 Å². The summed E-state index contributed by atoms with van der Waals surface area (Å²) in [6, 6.07) is 24.8. The highest BCUT2D eigenvalue weighted by Crippen LogP contribution is 2.34. The summed E-state index contributed by atoms with van der Waals surface area (Å²) >= 11 is 28.3. The van der Waals surface area contributed by atoms with Gasteiger partial charge in [0.15, 0.2) is 5.82 Å². The van der Waals surface area contributed by atoms with E-state index in [1.807, 2.05) is 154 Å². The third-order valence-corrected chi connectivity index (χ3v) is 19.7. The highest BCUT2D eigenvalue weighted by Gasteiger charge is 2.30. The van der Waals surface area contributed by atoms with Crippen molar-refractivity contribution < 1.29 is 19.3 Å². The minimum atomic E-state index is -0.845. The van der Waals surface area contributed by atoms with E-state index in [1.165, 1.54) is 41.4 Å². The average Bonchev–Trinajstić information content (AvgIpc) is 0.765. The van der Waals surface area contributed by atoms with Crippen molar-refractivity contribution in [1.29, 1.82) is 21.0 Å². The van der Waals surface area contributed by atoms with Crippen LogP contribution >= 0.6 is 58.0 Å². The van der Waals surface area contributed by atoms with Crippen LogP contribution < -0.4 is 61.0 Å². The zero-order valence-electron chi connectivity index (χ0n) is 73.9. The number of halogens is 5. The molecule has 6 heterocycles. The van der Waals surface area contributed by atoms with Crippen LogP contribution in [0.25, 0.3) is 0 Å². The molecule has 0 spiro atoms. The minimum Gasteiger partial charge on any atom is -0.481 e. The smallest absolute Gasteiger partial charge is 0.334 e. The van der Waals surface area contributed by atoms with Crippen molar-refractivity contribution in [2.75, 3.05) is 27.7 Å². The van der Waals surface area contributed by atoms with Gasteiger partial charge in [-0.2, -0.15) is 26.0 Å². The van der Waals surface area contributed by atoms with Gasteiger partial charge >= 0.3 is 28.4 Å². The van der Waals surface area contributed by atoms with Gasteiger partial charge in [-0.15, -0.1) is 11.6 Å². The van der Waals surface area contributed by atoms with Crippen LogP contribution in [0.2, 0.25) is 20.6 Å². The van der Waals surface area contributed by atoms with E-state index in [2.05, 4.69) is 83.2 Å². The fourth-order valence-electron chi connectivity index (χ4n) is 12.9. The van der Waals surface area contributed by atoms with Crippen molar-refractivity contribution in [1.82, 2.24) is 57.3 Å². The van der Waals surface area contributed by atoms with Gasteiger partial charge < -0.3 is 19.3 Å². The summed E-state index contributed by atoms with van der Waals surface area (Å²) in [6.07, 6.45) is 1.47. The van der Waals surface area contributed by atoms with Crippen LogP contribution in [0.15, 0.2) is 114 Å². The van der Waals surface area contributed by atoms with Gasteiger partial charge in [-0.1, -0.05) is 149 Å².